The van der Waals surface area contributed by atoms with E-state index in [1.165, 1.54) is 56.0 Å². The smallest absolute Gasteiger partial charge is 0.326 e. The van der Waals surface area contributed by atoms with Crippen LogP contribution in [0.4, 0.5) is 5.69 Å². The molecular formula is C58H84N8O14. The Balaban J connectivity index is 1.71. The zero-order valence-electron chi connectivity index (χ0n) is 48.5. The summed E-state index contributed by atoms with van der Waals surface area (Å²) in [5.74, 6) is -7.18. The van der Waals surface area contributed by atoms with Crippen LogP contribution in [-0.2, 0) is 64.7 Å². The van der Waals surface area contributed by atoms with Gasteiger partial charge in [0, 0.05) is 55.3 Å². The minimum absolute atomic E-state index is 0.0906. The summed E-state index contributed by atoms with van der Waals surface area (Å²) in [6.07, 6.45) is 3.22. The number of likely N-dealkylation sites (N-methyl/N-ethyl adjacent to an activating group) is 2. The summed E-state index contributed by atoms with van der Waals surface area (Å²) in [5, 5.41) is 43.9. The number of amides is 8. The molecule has 7 atom stereocenters. The Morgan fingerprint density at radius 2 is 1.32 bits per heavy atom. The predicted molar refractivity (Wildman–Crippen MR) is 299 cm³/mol. The minimum Gasteiger partial charge on any atom is -0.481 e. The van der Waals surface area contributed by atoms with Gasteiger partial charge in [0.2, 0.25) is 41.9 Å². The maximum atomic E-state index is 14.9. The number of unbranched alkanes of at least 4 members (excludes halogenated alkanes) is 2. The van der Waals surface area contributed by atoms with Crippen molar-refractivity contribution in [3.63, 3.8) is 0 Å². The van der Waals surface area contributed by atoms with Gasteiger partial charge in [0.05, 0.1) is 12.6 Å². The SMILES string of the molecule is C/C(=C\[C@H](C(C)C)N(C)C(=O)[C@@H](NC(=O)[C@@H](N(C)C(O)OCc1ccc(NC(=O)[C@H](C)NC(=O)[C@@H](NC(=O)CCCCCN2C(=O)C=CC2=O)C(C)C)cc1)C(C)(C)c1ccccc1)C(C)(C)C)C(=O)N[C@H](CCC(=O)O)C(=O)O. The number of anilines is 1. The Bertz CT molecular complexity index is 2560. The standard InChI is InChI=1S/C58H84N8O14/c1-34(2)42(32-36(5)50(72)61-41(55(77)78)27-30-46(70)71)64(12)54(76)48(57(7,8)9)63-53(75)49(58(10,11)39-20-16-14-17-21-39)65(13)56(79)80-33-38-23-25-40(26-24-38)60-51(73)37(6)59-52(74)47(35(3)4)62-43(67)22-18-15-19-31-66-44(68)28-29-45(66)69/h14,16-17,20-21,23-26,28-29,32,34-35,37,41-42,47-49,56,79H,15,18-19,22,27,30-31,33H2,1-13H3,(H,59,74)(H,60,73)(H,61,72)(H,62,67)(H,63,75)(H,70,71)(H,77,78)/b36-32+/t37-,41+,42+,47-,48+,49+,56?/m0/s1. The molecule has 0 aromatic heterocycles. The monoisotopic (exact) mass is 1120 g/mol. The van der Waals surface area contributed by atoms with Gasteiger partial charge in [-0.05, 0) is 80.7 Å². The van der Waals surface area contributed by atoms with Gasteiger partial charge >= 0.3 is 11.9 Å². The summed E-state index contributed by atoms with van der Waals surface area (Å²) in [6, 6.07) is 9.32. The summed E-state index contributed by atoms with van der Waals surface area (Å²) in [6.45, 7) is 19.3. The van der Waals surface area contributed by atoms with Crippen LogP contribution in [-0.4, -0.2) is 153 Å². The Kier molecular flexibility index (Phi) is 25.4. The van der Waals surface area contributed by atoms with Crippen molar-refractivity contribution >= 4 is 64.9 Å². The first-order valence-corrected chi connectivity index (χ1v) is 26.9. The molecule has 1 unspecified atom stereocenters. The average Bonchev–Trinajstić information content (AvgIpc) is 3.72. The maximum absolute atomic E-state index is 14.9. The molecule has 0 spiro atoms. The van der Waals surface area contributed by atoms with Crippen LogP contribution < -0.4 is 26.6 Å². The molecule has 0 fully saturated rings. The molecule has 1 aliphatic heterocycles. The van der Waals surface area contributed by atoms with Crippen LogP contribution in [0.25, 0.3) is 0 Å². The number of benzene rings is 2. The van der Waals surface area contributed by atoms with Crippen LogP contribution in [0.5, 0.6) is 0 Å². The maximum Gasteiger partial charge on any atom is 0.326 e. The van der Waals surface area contributed by atoms with Crippen molar-refractivity contribution in [1.29, 1.82) is 0 Å². The van der Waals surface area contributed by atoms with E-state index in [2.05, 4.69) is 26.6 Å². The molecule has 0 radical (unpaired) electrons. The lowest BCUT2D eigenvalue weighted by molar-refractivity contribution is -0.210. The van der Waals surface area contributed by atoms with Crippen molar-refractivity contribution in [3.8, 4) is 0 Å². The molecule has 2 aromatic carbocycles. The first-order chi connectivity index (χ1) is 37.3. The summed E-state index contributed by atoms with van der Waals surface area (Å²) in [4.78, 5) is 132. The lowest BCUT2D eigenvalue weighted by atomic mass is 9.76. The van der Waals surface area contributed by atoms with Gasteiger partial charge in [-0.1, -0.05) is 117 Å². The van der Waals surface area contributed by atoms with Gasteiger partial charge in [-0.15, -0.1) is 0 Å². The number of ether oxygens (including phenoxy) is 1. The molecule has 0 saturated heterocycles. The molecule has 8 amide bonds. The third-order valence-electron chi connectivity index (χ3n) is 13.9. The number of imide groups is 1. The highest BCUT2D eigenvalue weighted by atomic mass is 16.6. The van der Waals surface area contributed by atoms with E-state index in [1.807, 2.05) is 58.0 Å². The molecule has 0 aliphatic carbocycles. The Labute approximate surface area is 469 Å². The van der Waals surface area contributed by atoms with Gasteiger partial charge in [0.1, 0.15) is 30.2 Å². The van der Waals surface area contributed by atoms with E-state index in [0.29, 0.717) is 30.5 Å². The number of carboxylic acid groups (broad SMARTS) is 2. The Morgan fingerprint density at radius 3 is 1.86 bits per heavy atom. The van der Waals surface area contributed by atoms with Gasteiger partial charge in [0.15, 0.2) is 0 Å². The highest BCUT2D eigenvalue weighted by molar-refractivity contribution is 6.12. The molecule has 2 aromatic rings. The molecule has 1 heterocycles. The van der Waals surface area contributed by atoms with Crippen molar-refractivity contribution < 1.29 is 68.0 Å². The first-order valence-electron chi connectivity index (χ1n) is 26.9. The minimum atomic E-state index is -1.67. The van der Waals surface area contributed by atoms with E-state index in [4.69, 9.17) is 9.84 Å². The summed E-state index contributed by atoms with van der Waals surface area (Å²) in [5.41, 5.74) is -0.0859. The molecule has 1 aliphatic rings. The number of aliphatic hydroxyl groups is 1. The molecule has 0 bridgehead atoms. The van der Waals surface area contributed by atoms with Crippen LogP contribution in [0.2, 0.25) is 0 Å². The number of carbonyl (C=O) groups is 10. The van der Waals surface area contributed by atoms with Gasteiger partial charge in [0.25, 0.3) is 11.8 Å². The first kappa shape index (κ1) is 67.0. The predicted octanol–water partition coefficient (Wildman–Crippen LogP) is 4.22. The summed E-state index contributed by atoms with van der Waals surface area (Å²) >= 11 is 0. The fourth-order valence-electron chi connectivity index (χ4n) is 9.03. The van der Waals surface area contributed by atoms with E-state index in [9.17, 15) is 58.2 Å². The number of nitrogens with one attached hydrogen (secondary N) is 5. The van der Waals surface area contributed by atoms with Crippen molar-refractivity contribution in [3.05, 3.63) is 89.5 Å². The fraction of sp³-hybridized carbons (Fsp3) is 0.552. The molecule has 440 valence electrons. The normalized spacial score (nSPS) is 15.6. The third-order valence-corrected chi connectivity index (χ3v) is 13.9. The van der Waals surface area contributed by atoms with Crippen LogP contribution >= 0.6 is 0 Å². The fourth-order valence-corrected chi connectivity index (χ4v) is 9.03. The molecule has 80 heavy (non-hydrogen) atoms. The molecule has 3 rings (SSSR count). The second-order valence-electron chi connectivity index (χ2n) is 22.6. The number of carboxylic acids is 2. The second kappa shape index (κ2) is 30.3. The van der Waals surface area contributed by atoms with E-state index in [-0.39, 0.29) is 61.1 Å². The zero-order valence-corrected chi connectivity index (χ0v) is 48.5. The second-order valence-corrected chi connectivity index (χ2v) is 22.6. The summed E-state index contributed by atoms with van der Waals surface area (Å²) in [7, 11) is 3.06. The van der Waals surface area contributed by atoms with Crippen molar-refractivity contribution in [2.24, 2.45) is 17.3 Å². The molecule has 22 nitrogen and oxygen atoms in total. The summed E-state index contributed by atoms with van der Waals surface area (Å²) < 4.78 is 5.95. The number of hydrogen-bond acceptors (Lipinski definition) is 13. The topological polar surface area (TPSA) is 310 Å². The molecule has 22 heteroatoms. The highest BCUT2D eigenvalue weighted by Crippen LogP contribution is 2.33. The number of aliphatic carboxylic acids is 2. The lowest BCUT2D eigenvalue weighted by Gasteiger charge is -2.43. The van der Waals surface area contributed by atoms with E-state index in [1.54, 1.807) is 58.9 Å². The van der Waals surface area contributed by atoms with Gasteiger partial charge in [-0.2, -0.15) is 0 Å². The van der Waals surface area contributed by atoms with Crippen molar-refractivity contribution in [2.75, 3.05) is 26.0 Å². The van der Waals surface area contributed by atoms with Crippen molar-refractivity contribution in [1.82, 2.24) is 36.0 Å². The molecule has 0 saturated carbocycles. The van der Waals surface area contributed by atoms with Gasteiger partial charge < -0.3 is 51.5 Å². The van der Waals surface area contributed by atoms with E-state index < -0.39 is 101 Å². The van der Waals surface area contributed by atoms with Crippen LogP contribution in [0.15, 0.2) is 78.4 Å². The third kappa shape index (κ3) is 19.8. The molecule has 8 N–H and O–H groups in total. The quantitative estimate of drug-likeness (QED) is 0.0227. The largest absolute Gasteiger partial charge is 0.481 e. The number of rotatable bonds is 31. The number of hydrogen-bond donors (Lipinski definition) is 8. The zero-order chi connectivity index (χ0) is 60.4. The van der Waals surface area contributed by atoms with Crippen molar-refractivity contribution in [2.45, 2.75) is 169 Å². The number of aliphatic hydroxyl groups excluding tert-OH is 1. The Hall–Kier alpha value is -7.30. The average molecular weight is 1120 g/mol. The van der Waals surface area contributed by atoms with Crippen LogP contribution in [0.1, 0.15) is 126 Å². The highest BCUT2D eigenvalue weighted by Gasteiger charge is 2.45. The Morgan fingerprint density at radius 1 is 0.725 bits per heavy atom. The van der Waals surface area contributed by atoms with E-state index >= 15 is 0 Å². The van der Waals surface area contributed by atoms with E-state index in [0.717, 1.165) is 10.5 Å². The van der Waals surface area contributed by atoms with Crippen LogP contribution in [0.3, 0.4) is 0 Å². The van der Waals surface area contributed by atoms with Gasteiger partial charge in [-0.3, -0.25) is 48.1 Å². The lowest BCUT2D eigenvalue weighted by Crippen LogP contribution is -2.63. The number of nitrogens with zero attached hydrogens (tertiary/aromatic N) is 3. The molecular weight excluding hydrogens is 1030 g/mol. The van der Waals surface area contributed by atoms with Crippen LogP contribution in [0, 0.1) is 17.3 Å². The van der Waals surface area contributed by atoms with Gasteiger partial charge in [-0.25, -0.2) is 9.69 Å². The number of carbonyl (C=O) groups excluding carboxylic acids is 8.